The highest BCUT2D eigenvalue weighted by atomic mass is 16.2. The van der Waals surface area contributed by atoms with Gasteiger partial charge in [0, 0.05) is 25.6 Å². The Balaban J connectivity index is 2.14. The molecule has 2 heterocycles. The summed E-state index contributed by atoms with van der Waals surface area (Å²) in [6.45, 7) is 0. The SMILES string of the molecule is Cn1nccc1C(=O)Nc1ncc[nH]1. The van der Waals surface area contributed by atoms with Gasteiger partial charge in [-0.05, 0) is 6.07 Å². The van der Waals surface area contributed by atoms with Gasteiger partial charge in [0.2, 0.25) is 5.95 Å². The Kier molecular flexibility index (Phi) is 2.02. The molecule has 2 aromatic rings. The lowest BCUT2D eigenvalue weighted by molar-refractivity contribution is 0.101. The van der Waals surface area contributed by atoms with Gasteiger partial charge in [-0.15, -0.1) is 0 Å². The van der Waals surface area contributed by atoms with Gasteiger partial charge >= 0.3 is 0 Å². The van der Waals surface area contributed by atoms with Crippen LogP contribution in [-0.2, 0) is 7.05 Å². The summed E-state index contributed by atoms with van der Waals surface area (Å²) in [6, 6.07) is 1.64. The van der Waals surface area contributed by atoms with Gasteiger partial charge in [-0.25, -0.2) is 4.98 Å². The third-order valence-corrected chi connectivity index (χ3v) is 1.78. The van der Waals surface area contributed by atoms with Crippen molar-refractivity contribution in [2.75, 3.05) is 5.32 Å². The van der Waals surface area contributed by atoms with Crippen LogP contribution in [0.4, 0.5) is 5.95 Å². The van der Waals surface area contributed by atoms with Crippen molar-refractivity contribution in [3.63, 3.8) is 0 Å². The monoisotopic (exact) mass is 191 g/mol. The van der Waals surface area contributed by atoms with Crippen molar-refractivity contribution in [1.82, 2.24) is 19.7 Å². The predicted octanol–water partition coefficient (Wildman–Crippen LogP) is 0.395. The van der Waals surface area contributed by atoms with E-state index in [0.29, 0.717) is 11.6 Å². The van der Waals surface area contributed by atoms with Gasteiger partial charge in [0.05, 0.1) is 0 Å². The van der Waals surface area contributed by atoms with Gasteiger partial charge in [0.1, 0.15) is 5.69 Å². The van der Waals surface area contributed by atoms with Crippen LogP contribution in [0.2, 0.25) is 0 Å². The molecular weight excluding hydrogens is 182 g/mol. The average molecular weight is 191 g/mol. The van der Waals surface area contributed by atoms with Crippen molar-refractivity contribution in [2.45, 2.75) is 0 Å². The summed E-state index contributed by atoms with van der Waals surface area (Å²) in [6.07, 6.45) is 4.77. The number of amides is 1. The largest absolute Gasteiger partial charge is 0.331 e. The number of aryl methyl sites for hydroxylation is 1. The molecule has 0 saturated heterocycles. The Morgan fingerprint density at radius 3 is 3.00 bits per heavy atom. The fourth-order valence-corrected chi connectivity index (χ4v) is 1.10. The molecule has 0 unspecified atom stereocenters. The van der Waals surface area contributed by atoms with Crippen LogP contribution in [-0.4, -0.2) is 25.7 Å². The first kappa shape index (κ1) is 8.49. The summed E-state index contributed by atoms with van der Waals surface area (Å²) in [5, 5.41) is 6.49. The van der Waals surface area contributed by atoms with E-state index in [0.717, 1.165) is 0 Å². The third-order valence-electron chi connectivity index (χ3n) is 1.78. The number of H-pyrrole nitrogens is 1. The van der Waals surface area contributed by atoms with Crippen LogP contribution in [0.15, 0.2) is 24.7 Å². The molecule has 0 radical (unpaired) electrons. The maximum Gasteiger partial charge on any atom is 0.276 e. The second-order valence-electron chi connectivity index (χ2n) is 2.73. The maximum atomic E-state index is 11.6. The summed E-state index contributed by atoms with van der Waals surface area (Å²) >= 11 is 0. The van der Waals surface area contributed by atoms with E-state index < -0.39 is 0 Å². The van der Waals surface area contributed by atoms with Crippen molar-refractivity contribution >= 4 is 11.9 Å². The van der Waals surface area contributed by atoms with Crippen LogP contribution in [0.1, 0.15) is 10.5 Å². The molecule has 0 aliphatic rings. The zero-order chi connectivity index (χ0) is 9.97. The minimum Gasteiger partial charge on any atom is -0.331 e. The van der Waals surface area contributed by atoms with Crippen molar-refractivity contribution in [3.8, 4) is 0 Å². The molecule has 14 heavy (non-hydrogen) atoms. The summed E-state index contributed by atoms with van der Waals surface area (Å²) in [4.78, 5) is 18.2. The predicted molar refractivity (Wildman–Crippen MR) is 49.7 cm³/mol. The fraction of sp³-hybridized carbons (Fsp3) is 0.125. The van der Waals surface area contributed by atoms with Crippen LogP contribution in [0, 0.1) is 0 Å². The van der Waals surface area contributed by atoms with E-state index in [1.54, 1.807) is 31.7 Å². The molecule has 6 nitrogen and oxygen atoms in total. The molecule has 0 atom stereocenters. The summed E-state index contributed by atoms with van der Waals surface area (Å²) < 4.78 is 1.50. The minimum atomic E-state index is -0.236. The zero-order valence-corrected chi connectivity index (χ0v) is 7.56. The van der Waals surface area contributed by atoms with E-state index in [1.807, 2.05) is 0 Å². The summed E-state index contributed by atoms with van der Waals surface area (Å²) in [5.74, 6) is 0.191. The number of hydrogen-bond acceptors (Lipinski definition) is 3. The van der Waals surface area contributed by atoms with E-state index in [4.69, 9.17) is 0 Å². The van der Waals surface area contributed by atoms with E-state index in [-0.39, 0.29) is 5.91 Å². The first-order valence-corrected chi connectivity index (χ1v) is 4.06. The Labute approximate surface area is 80.0 Å². The van der Waals surface area contributed by atoms with Gasteiger partial charge in [0.15, 0.2) is 0 Å². The number of aromatic amines is 1. The van der Waals surface area contributed by atoms with Gasteiger partial charge in [-0.3, -0.25) is 14.8 Å². The van der Waals surface area contributed by atoms with Gasteiger partial charge in [0.25, 0.3) is 5.91 Å². The molecule has 0 aliphatic heterocycles. The Morgan fingerprint density at radius 1 is 1.57 bits per heavy atom. The molecule has 1 amide bonds. The Bertz CT molecular complexity index is 430. The molecule has 0 bridgehead atoms. The van der Waals surface area contributed by atoms with E-state index >= 15 is 0 Å². The highest BCUT2D eigenvalue weighted by Gasteiger charge is 2.10. The molecule has 2 aromatic heterocycles. The molecule has 0 aliphatic carbocycles. The average Bonchev–Trinajstić information content (AvgIpc) is 2.75. The lowest BCUT2D eigenvalue weighted by Crippen LogP contribution is -2.16. The van der Waals surface area contributed by atoms with E-state index in [1.165, 1.54) is 4.68 Å². The smallest absolute Gasteiger partial charge is 0.276 e. The summed E-state index contributed by atoms with van der Waals surface area (Å²) in [5.41, 5.74) is 0.487. The van der Waals surface area contributed by atoms with Crippen LogP contribution >= 0.6 is 0 Å². The molecule has 2 N–H and O–H groups in total. The number of anilines is 1. The standard InChI is InChI=1S/C8H9N5O/c1-13-6(2-3-11-13)7(14)12-8-9-4-5-10-8/h2-5H,1H3,(H2,9,10,12,14). The highest BCUT2D eigenvalue weighted by molar-refractivity contribution is 6.01. The first-order valence-electron chi connectivity index (χ1n) is 4.06. The zero-order valence-electron chi connectivity index (χ0n) is 7.56. The number of carbonyl (C=O) groups excluding carboxylic acids is 1. The Hall–Kier alpha value is -2.11. The quantitative estimate of drug-likeness (QED) is 0.721. The molecule has 6 heteroatoms. The second-order valence-corrected chi connectivity index (χ2v) is 2.73. The molecule has 2 rings (SSSR count). The molecule has 0 aromatic carbocycles. The molecule has 0 saturated carbocycles. The number of nitrogens with zero attached hydrogens (tertiary/aromatic N) is 3. The summed E-state index contributed by atoms with van der Waals surface area (Å²) in [7, 11) is 1.71. The van der Waals surface area contributed by atoms with Gasteiger partial charge in [-0.2, -0.15) is 5.10 Å². The molecule has 0 fully saturated rings. The van der Waals surface area contributed by atoms with E-state index in [9.17, 15) is 4.79 Å². The number of nitrogens with one attached hydrogen (secondary N) is 2. The number of carbonyl (C=O) groups is 1. The molecular formula is C8H9N5O. The second kappa shape index (κ2) is 3.33. The Morgan fingerprint density at radius 2 is 2.43 bits per heavy atom. The van der Waals surface area contributed by atoms with Crippen LogP contribution in [0.5, 0.6) is 0 Å². The number of imidazole rings is 1. The fourth-order valence-electron chi connectivity index (χ4n) is 1.10. The van der Waals surface area contributed by atoms with Crippen molar-refractivity contribution in [1.29, 1.82) is 0 Å². The van der Waals surface area contributed by atoms with Crippen LogP contribution in [0.3, 0.4) is 0 Å². The number of hydrogen-bond donors (Lipinski definition) is 2. The number of aromatic nitrogens is 4. The van der Waals surface area contributed by atoms with E-state index in [2.05, 4.69) is 20.4 Å². The minimum absolute atomic E-state index is 0.236. The van der Waals surface area contributed by atoms with Crippen LogP contribution < -0.4 is 5.32 Å². The lowest BCUT2D eigenvalue weighted by atomic mass is 10.4. The van der Waals surface area contributed by atoms with Crippen LogP contribution in [0.25, 0.3) is 0 Å². The van der Waals surface area contributed by atoms with Gasteiger partial charge < -0.3 is 4.98 Å². The first-order chi connectivity index (χ1) is 6.77. The topological polar surface area (TPSA) is 75.6 Å². The molecule has 0 spiro atoms. The highest BCUT2D eigenvalue weighted by Crippen LogP contribution is 2.01. The number of rotatable bonds is 2. The van der Waals surface area contributed by atoms with Gasteiger partial charge in [-0.1, -0.05) is 0 Å². The molecule has 72 valence electrons. The normalized spacial score (nSPS) is 10.1. The van der Waals surface area contributed by atoms with Crippen molar-refractivity contribution in [2.24, 2.45) is 7.05 Å². The van der Waals surface area contributed by atoms with Crippen molar-refractivity contribution in [3.05, 3.63) is 30.4 Å². The lowest BCUT2D eigenvalue weighted by Gasteiger charge is -2.01. The maximum absolute atomic E-state index is 11.6. The van der Waals surface area contributed by atoms with Crippen molar-refractivity contribution < 1.29 is 4.79 Å². The third kappa shape index (κ3) is 1.49.